The van der Waals surface area contributed by atoms with Gasteiger partial charge in [-0.25, -0.2) is 0 Å². The maximum absolute atomic E-state index is 5.61. The van der Waals surface area contributed by atoms with Crippen LogP contribution in [-0.2, 0) is 9.47 Å². The molecular weight excluding hydrogens is 152 g/mol. The standard InChI is InChI=1S/C10H20O2/c1-4-12-9-6-5-8(2)7-10(9)11-3/h8-10H,4-7H2,1-3H3. The van der Waals surface area contributed by atoms with Crippen molar-refractivity contribution in [1.82, 2.24) is 0 Å². The molecule has 3 atom stereocenters. The molecule has 0 aromatic rings. The topological polar surface area (TPSA) is 18.5 Å². The summed E-state index contributed by atoms with van der Waals surface area (Å²) in [4.78, 5) is 0. The van der Waals surface area contributed by atoms with Gasteiger partial charge in [-0.15, -0.1) is 0 Å². The van der Waals surface area contributed by atoms with Gasteiger partial charge < -0.3 is 9.47 Å². The van der Waals surface area contributed by atoms with E-state index in [-0.39, 0.29) is 0 Å². The number of ether oxygens (including phenoxy) is 2. The van der Waals surface area contributed by atoms with E-state index in [4.69, 9.17) is 9.47 Å². The quantitative estimate of drug-likeness (QED) is 0.650. The van der Waals surface area contributed by atoms with Gasteiger partial charge in [-0.2, -0.15) is 0 Å². The molecular formula is C10H20O2. The van der Waals surface area contributed by atoms with Gasteiger partial charge in [-0.3, -0.25) is 0 Å². The summed E-state index contributed by atoms with van der Waals surface area (Å²) in [5, 5.41) is 0. The zero-order valence-corrected chi connectivity index (χ0v) is 8.38. The van der Waals surface area contributed by atoms with Crippen LogP contribution in [0.4, 0.5) is 0 Å². The Labute approximate surface area is 75.2 Å². The molecule has 1 fully saturated rings. The lowest BCUT2D eigenvalue weighted by Gasteiger charge is -2.33. The zero-order valence-electron chi connectivity index (χ0n) is 8.38. The molecule has 12 heavy (non-hydrogen) atoms. The van der Waals surface area contributed by atoms with Crippen molar-refractivity contribution < 1.29 is 9.47 Å². The monoisotopic (exact) mass is 172 g/mol. The van der Waals surface area contributed by atoms with Crippen molar-refractivity contribution in [2.75, 3.05) is 13.7 Å². The van der Waals surface area contributed by atoms with E-state index in [2.05, 4.69) is 6.92 Å². The fraction of sp³-hybridized carbons (Fsp3) is 1.00. The van der Waals surface area contributed by atoms with Crippen molar-refractivity contribution in [3.8, 4) is 0 Å². The van der Waals surface area contributed by atoms with E-state index in [1.54, 1.807) is 7.11 Å². The van der Waals surface area contributed by atoms with E-state index in [0.717, 1.165) is 25.4 Å². The predicted octanol–water partition coefficient (Wildman–Crippen LogP) is 2.23. The Morgan fingerprint density at radius 2 is 2.00 bits per heavy atom. The van der Waals surface area contributed by atoms with Gasteiger partial charge in [-0.1, -0.05) is 6.92 Å². The Balaban J connectivity index is 2.39. The number of hydrogen-bond donors (Lipinski definition) is 0. The minimum atomic E-state index is 0.327. The van der Waals surface area contributed by atoms with E-state index < -0.39 is 0 Å². The molecule has 0 saturated heterocycles. The fourth-order valence-electron chi connectivity index (χ4n) is 1.95. The average molecular weight is 172 g/mol. The van der Waals surface area contributed by atoms with Crippen LogP contribution in [0, 0.1) is 5.92 Å². The second-order valence-electron chi connectivity index (χ2n) is 3.69. The molecule has 0 heterocycles. The van der Waals surface area contributed by atoms with E-state index in [1.165, 1.54) is 6.42 Å². The molecule has 1 aliphatic rings. The van der Waals surface area contributed by atoms with E-state index in [1.807, 2.05) is 6.92 Å². The third kappa shape index (κ3) is 2.46. The summed E-state index contributed by atoms with van der Waals surface area (Å²) in [6.45, 7) is 5.14. The second kappa shape index (κ2) is 4.83. The number of rotatable bonds is 3. The highest BCUT2D eigenvalue weighted by molar-refractivity contribution is 4.79. The molecule has 72 valence electrons. The molecule has 0 spiro atoms. The Kier molecular flexibility index (Phi) is 4.02. The lowest BCUT2D eigenvalue weighted by molar-refractivity contribution is -0.0824. The summed E-state index contributed by atoms with van der Waals surface area (Å²) >= 11 is 0. The summed E-state index contributed by atoms with van der Waals surface area (Å²) in [5.74, 6) is 0.798. The third-order valence-electron chi connectivity index (χ3n) is 2.68. The highest BCUT2D eigenvalue weighted by atomic mass is 16.5. The molecule has 0 amide bonds. The molecule has 0 N–H and O–H groups in total. The molecule has 0 aromatic carbocycles. The number of hydrogen-bond acceptors (Lipinski definition) is 2. The van der Waals surface area contributed by atoms with Crippen molar-refractivity contribution >= 4 is 0 Å². The summed E-state index contributed by atoms with van der Waals surface area (Å²) in [6.07, 6.45) is 4.27. The molecule has 0 aliphatic heterocycles. The molecule has 0 bridgehead atoms. The first-order valence-corrected chi connectivity index (χ1v) is 4.92. The minimum Gasteiger partial charge on any atom is -0.379 e. The van der Waals surface area contributed by atoms with E-state index in [9.17, 15) is 0 Å². The van der Waals surface area contributed by atoms with Crippen LogP contribution in [0.15, 0.2) is 0 Å². The molecule has 1 aliphatic carbocycles. The van der Waals surface area contributed by atoms with Gasteiger partial charge in [0.15, 0.2) is 0 Å². The van der Waals surface area contributed by atoms with Crippen LogP contribution < -0.4 is 0 Å². The Morgan fingerprint density at radius 3 is 2.58 bits per heavy atom. The van der Waals surface area contributed by atoms with Gasteiger partial charge in [0.1, 0.15) is 0 Å². The van der Waals surface area contributed by atoms with Gasteiger partial charge in [-0.05, 0) is 32.1 Å². The van der Waals surface area contributed by atoms with Crippen molar-refractivity contribution in [3.05, 3.63) is 0 Å². The van der Waals surface area contributed by atoms with Crippen LogP contribution in [0.3, 0.4) is 0 Å². The molecule has 1 rings (SSSR count). The summed E-state index contributed by atoms with van der Waals surface area (Å²) in [5.41, 5.74) is 0. The Bertz CT molecular complexity index is 125. The normalized spacial score (nSPS) is 36.8. The molecule has 2 nitrogen and oxygen atoms in total. The average Bonchev–Trinajstić information content (AvgIpc) is 2.08. The van der Waals surface area contributed by atoms with Crippen LogP contribution in [0.2, 0.25) is 0 Å². The van der Waals surface area contributed by atoms with Crippen molar-refractivity contribution in [1.29, 1.82) is 0 Å². The molecule has 0 radical (unpaired) electrons. The largest absolute Gasteiger partial charge is 0.379 e. The van der Waals surface area contributed by atoms with Crippen LogP contribution in [0.25, 0.3) is 0 Å². The van der Waals surface area contributed by atoms with E-state index >= 15 is 0 Å². The molecule has 3 unspecified atom stereocenters. The summed E-state index contributed by atoms with van der Waals surface area (Å²) < 4.78 is 11.0. The van der Waals surface area contributed by atoms with Gasteiger partial charge >= 0.3 is 0 Å². The summed E-state index contributed by atoms with van der Waals surface area (Å²) in [6, 6.07) is 0. The minimum absolute atomic E-state index is 0.327. The fourth-order valence-corrected chi connectivity index (χ4v) is 1.95. The maximum Gasteiger partial charge on any atom is 0.0836 e. The zero-order chi connectivity index (χ0) is 8.97. The Hall–Kier alpha value is -0.0800. The molecule has 0 aromatic heterocycles. The van der Waals surface area contributed by atoms with Gasteiger partial charge in [0.2, 0.25) is 0 Å². The van der Waals surface area contributed by atoms with Gasteiger partial charge in [0.25, 0.3) is 0 Å². The van der Waals surface area contributed by atoms with Crippen LogP contribution in [-0.4, -0.2) is 25.9 Å². The lowest BCUT2D eigenvalue weighted by atomic mass is 9.86. The van der Waals surface area contributed by atoms with Crippen LogP contribution >= 0.6 is 0 Å². The molecule has 1 saturated carbocycles. The van der Waals surface area contributed by atoms with Crippen LogP contribution in [0.5, 0.6) is 0 Å². The van der Waals surface area contributed by atoms with Crippen molar-refractivity contribution in [3.63, 3.8) is 0 Å². The molecule has 2 heteroatoms. The first-order valence-electron chi connectivity index (χ1n) is 4.92. The maximum atomic E-state index is 5.61. The van der Waals surface area contributed by atoms with Gasteiger partial charge in [0.05, 0.1) is 12.2 Å². The second-order valence-corrected chi connectivity index (χ2v) is 3.69. The highest BCUT2D eigenvalue weighted by Gasteiger charge is 2.28. The highest BCUT2D eigenvalue weighted by Crippen LogP contribution is 2.27. The first-order chi connectivity index (χ1) is 5.77. The van der Waals surface area contributed by atoms with E-state index in [0.29, 0.717) is 12.2 Å². The summed E-state index contributed by atoms with van der Waals surface area (Å²) in [7, 11) is 1.79. The first kappa shape index (κ1) is 10.0. The predicted molar refractivity (Wildman–Crippen MR) is 49.2 cm³/mol. The number of methoxy groups -OCH3 is 1. The van der Waals surface area contributed by atoms with Crippen molar-refractivity contribution in [2.45, 2.75) is 45.3 Å². The van der Waals surface area contributed by atoms with Crippen LogP contribution in [0.1, 0.15) is 33.1 Å². The van der Waals surface area contributed by atoms with Crippen molar-refractivity contribution in [2.24, 2.45) is 5.92 Å². The van der Waals surface area contributed by atoms with Gasteiger partial charge in [0, 0.05) is 13.7 Å². The lowest BCUT2D eigenvalue weighted by Crippen LogP contribution is -2.36. The Morgan fingerprint density at radius 1 is 1.25 bits per heavy atom. The smallest absolute Gasteiger partial charge is 0.0836 e. The third-order valence-corrected chi connectivity index (χ3v) is 2.68. The SMILES string of the molecule is CCOC1CCC(C)CC1OC.